The summed E-state index contributed by atoms with van der Waals surface area (Å²) < 4.78 is 0. The van der Waals surface area contributed by atoms with Crippen molar-refractivity contribution in [1.29, 1.82) is 0 Å². The van der Waals surface area contributed by atoms with Gasteiger partial charge in [-0.3, -0.25) is 0 Å². The number of nitrogens with zero attached hydrogens (tertiary/aromatic N) is 5. The first-order valence-electron chi connectivity index (χ1n) is 11.9. The third-order valence-electron chi connectivity index (χ3n) is 7.14. The predicted octanol–water partition coefficient (Wildman–Crippen LogP) is 4.17. The Labute approximate surface area is 199 Å². The minimum Gasteiger partial charge on any atom is -0.386 e. The molecule has 6 heteroatoms. The van der Waals surface area contributed by atoms with Crippen LogP contribution in [0.4, 0.5) is 11.6 Å². The van der Waals surface area contributed by atoms with E-state index in [1.807, 2.05) is 18.2 Å². The average molecular weight is 452 g/mol. The molecule has 0 saturated carbocycles. The molecule has 0 atom stereocenters. The van der Waals surface area contributed by atoms with Crippen LogP contribution in [0.3, 0.4) is 0 Å². The van der Waals surface area contributed by atoms with Crippen molar-refractivity contribution < 1.29 is 5.11 Å². The van der Waals surface area contributed by atoms with E-state index < -0.39 is 5.60 Å². The second-order valence-electron chi connectivity index (χ2n) is 10.4. The largest absolute Gasteiger partial charge is 0.386 e. The third kappa shape index (κ3) is 3.68. The zero-order chi connectivity index (χ0) is 23.3. The molecule has 2 saturated heterocycles. The van der Waals surface area contributed by atoms with Gasteiger partial charge in [-0.2, -0.15) is 5.10 Å². The topological polar surface area (TPSA) is 65.4 Å². The lowest BCUT2D eigenvalue weighted by molar-refractivity contribution is 0.0782. The predicted molar refractivity (Wildman–Crippen MR) is 135 cm³/mol. The fourth-order valence-electron chi connectivity index (χ4n) is 5.27. The van der Waals surface area contributed by atoms with Crippen LogP contribution in [0.2, 0.25) is 0 Å². The summed E-state index contributed by atoms with van der Waals surface area (Å²) >= 11 is 0. The molecule has 6 nitrogen and oxygen atoms in total. The molecule has 2 aromatic heterocycles. The summed E-state index contributed by atoms with van der Waals surface area (Å²) in [5.41, 5.74) is 2.54. The maximum atomic E-state index is 10.2. The SMILES string of the molecule is CC(C)(O)c1ccc(N2CC3(C2)CN(c2nnc(Cc4ccccc4)c4ccccc24)C3)nc1. The Hall–Kier alpha value is -3.51. The zero-order valence-corrected chi connectivity index (χ0v) is 19.6. The first kappa shape index (κ1) is 21.1. The molecule has 172 valence electrons. The number of hydrogen-bond donors (Lipinski definition) is 1. The number of aromatic nitrogens is 3. The van der Waals surface area contributed by atoms with Crippen LogP contribution in [0.15, 0.2) is 72.9 Å². The van der Waals surface area contributed by atoms with E-state index >= 15 is 0 Å². The van der Waals surface area contributed by atoms with Crippen molar-refractivity contribution in [3.63, 3.8) is 0 Å². The maximum absolute atomic E-state index is 10.2. The van der Waals surface area contributed by atoms with E-state index in [2.05, 4.69) is 73.5 Å². The first-order chi connectivity index (χ1) is 16.4. The van der Waals surface area contributed by atoms with Crippen LogP contribution in [-0.4, -0.2) is 46.5 Å². The minimum atomic E-state index is -0.864. The molecule has 0 radical (unpaired) electrons. The van der Waals surface area contributed by atoms with Crippen molar-refractivity contribution in [2.45, 2.75) is 25.9 Å². The number of anilines is 2. The molecule has 34 heavy (non-hydrogen) atoms. The summed E-state index contributed by atoms with van der Waals surface area (Å²) in [6.45, 7) is 7.54. The second-order valence-corrected chi connectivity index (χ2v) is 10.4. The van der Waals surface area contributed by atoms with Crippen molar-refractivity contribution in [1.82, 2.24) is 15.2 Å². The highest BCUT2D eigenvalue weighted by atomic mass is 16.3. The fourth-order valence-corrected chi connectivity index (χ4v) is 5.27. The van der Waals surface area contributed by atoms with E-state index in [9.17, 15) is 5.11 Å². The van der Waals surface area contributed by atoms with Gasteiger partial charge in [-0.1, -0.05) is 60.7 Å². The lowest BCUT2D eigenvalue weighted by Crippen LogP contribution is -2.72. The van der Waals surface area contributed by atoms with E-state index in [0.29, 0.717) is 5.41 Å². The first-order valence-corrected chi connectivity index (χ1v) is 11.9. The molecule has 0 aliphatic carbocycles. The van der Waals surface area contributed by atoms with Gasteiger partial charge in [-0.15, -0.1) is 5.10 Å². The van der Waals surface area contributed by atoms with Gasteiger partial charge in [0.2, 0.25) is 0 Å². The van der Waals surface area contributed by atoms with E-state index in [-0.39, 0.29) is 0 Å². The Bertz CT molecular complexity index is 1320. The Morgan fingerprint density at radius 3 is 2.18 bits per heavy atom. The van der Waals surface area contributed by atoms with E-state index in [4.69, 9.17) is 0 Å². The average Bonchev–Trinajstić information content (AvgIpc) is 2.79. The number of aliphatic hydroxyl groups is 1. The van der Waals surface area contributed by atoms with Crippen LogP contribution in [0, 0.1) is 5.41 Å². The lowest BCUT2D eigenvalue weighted by atomic mass is 9.72. The molecule has 4 aromatic rings. The van der Waals surface area contributed by atoms with Crippen molar-refractivity contribution in [2.24, 2.45) is 5.41 Å². The molecular formula is C28H29N5O. The lowest BCUT2D eigenvalue weighted by Gasteiger charge is -2.60. The smallest absolute Gasteiger partial charge is 0.159 e. The standard InChI is InChI=1S/C28H29N5O/c1-27(2,34)21-12-13-25(29-15-21)32-16-28(17-32)18-33(19-28)26-23-11-7-6-10-22(23)24(30-31-26)14-20-8-4-3-5-9-20/h3-13,15,34H,14,16-19H2,1-2H3. The van der Waals surface area contributed by atoms with Crippen LogP contribution < -0.4 is 9.80 Å². The molecule has 1 spiro atoms. The van der Waals surface area contributed by atoms with E-state index in [0.717, 1.165) is 55.5 Å². The van der Waals surface area contributed by atoms with Crippen LogP contribution in [0.1, 0.15) is 30.7 Å². The van der Waals surface area contributed by atoms with Crippen LogP contribution in [0.5, 0.6) is 0 Å². The summed E-state index contributed by atoms with van der Waals surface area (Å²) in [6.07, 6.45) is 2.57. The quantitative estimate of drug-likeness (QED) is 0.491. The third-order valence-corrected chi connectivity index (χ3v) is 7.14. The molecule has 6 rings (SSSR count). The Balaban J connectivity index is 1.16. The highest BCUT2D eigenvalue weighted by Gasteiger charge is 2.52. The monoisotopic (exact) mass is 451 g/mol. The highest BCUT2D eigenvalue weighted by Crippen LogP contribution is 2.44. The number of hydrogen-bond acceptors (Lipinski definition) is 6. The zero-order valence-electron chi connectivity index (χ0n) is 19.6. The Kier molecular flexibility index (Phi) is 4.81. The van der Waals surface area contributed by atoms with Crippen LogP contribution >= 0.6 is 0 Å². The summed E-state index contributed by atoms with van der Waals surface area (Å²) in [5.74, 6) is 1.97. The summed E-state index contributed by atoms with van der Waals surface area (Å²) in [6, 6.07) is 22.9. The number of pyridine rings is 1. The summed E-state index contributed by atoms with van der Waals surface area (Å²) in [7, 11) is 0. The van der Waals surface area contributed by atoms with Gasteiger partial charge in [-0.25, -0.2) is 4.98 Å². The normalized spacial score (nSPS) is 17.0. The van der Waals surface area contributed by atoms with Crippen molar-refractivity contribution in [3.8, 4) is 0 Å². The van der Waals surface area contributed by atoms with Crippen molar-refractivity contribution in [2.75, 3.05) is 36.0 Å². The molecule has 2 aromatic carbocycles. The fraction of sp³-hybridized carbons (Fsp3) is 0.321. The molecule has 0 unspecified atom stereocenters. The molecule has 2 aliphatic heterocycles. The maximum Gasteiger partial charge on any atom is 0.159 e. The van der Waals surface area contributed by atoms with Crippen LogP contribution in [-0.2, 0) is 12.0 Å². The molecule has 2 aliphatic rings. The van der Waals surface area contributed by atoms with Gasteiger partial charge in [-0.05, 0) is 25.5 Å². The Morgan fingerprint density at radius 2 is 1.50 bits per heavy atom. The molecule has 1 N–H and O–H groups in total. The highest BCUT2D eigenvalue weighted by molar-refractivity contribution is 5.94. The van der Waals surface area contributed by atoms with E-state index in [1.54, 1.807) is 20.0 Å². The molecule has 4 heterocycles. The van der Waals surface area contributed by atoms with Gasteiger partial charge in [0, 0.05) is 60.5 Å². The van der Waals surface area contributed by atoms with Gasteiger partial charge in [0.05, 0.1) is 11.3 Å². The number of benzene rings is 2. The van der Waals surface area contributed by atoms with Gasteiger partial charge >= 0.3 is 0 Å². The number of rotatable bonds is 5. The number of fused-ring (bicyclic) bond motifs is 1. The van der Waals surface area contributed by atoms with Crippen molar-refractivity contribution >= 4 is 22.4 Å². The Morgan fingerprint density at radius 1 is 0.824 bits per heavy atom. The molecule has 2 fully saturated rings. The minimum absolute atomic E-state index is 0.294. The van der Waals surface area contributed by atoms with Gasteiger partial charge in [0.15, 0.2) is 5.82 Å². The second kappa shape index (κ2) is 7.77. The summed E-state index contributed by atoms with van der Waals surface area (Å²) in [4.78, 5) is 9.27. The van der Waals surface area contributed by atoms with Gasteiger partial charge in [0.1, 0.15) is 5.82 Å². The van der Waals surface area contributed by atoms with Crippen molar-refractivity contribution in [3.05, 3.63) is 89.7 Å². The van der Waals surface area contributed by atoms with Crippen LogP contribution in [0.25, 0.3) is 10.8 Å². The van der Waals surface area contributed by atoms with Gasteiger partial charge in [0.25, 0.3) is 0 Å². The van der Waals surface area contributed by atoms with Gasteiger partial charge < -0.3 is 14.9 Å². The molecule has 0 amide bonds. The molecular weight excluding hydrogens is 422 g/mol. The van der Waals surface area contributed by atoms with E-state index in [1.165, 1.54) is 16.3 Å². The summed E-state index contributed by atoms with van der Waals surface area (Å²) in [5, 5.41) is 21.9. The molecule has 0 bridgehead atoms.